The van der Waals surface area contributed by atoms with Crippen molar-refractivity contribution in [3.8, 4) is 0 Å². The molecule has 0 radical (unpaired) electrons. The molecule has 0 bridgehead atoms. The maximum absolute atomic E-state index is 8.86. The van der Waals surface area contributed by atoms with Crippen molar-refractivity contribution < 1.29 is 9.84 Å². The molecule has 4 N–H and O–H groups in total. The van der Waals surface area contributed by atoms with Crippen LogP contribution in [-0.4, -0.2) is 36.5 Å². The second-order valence-corrected chi connectivity index (χ2v) is 3.28. The number of pyridine rings is 1. The Balaban J connectivity index is 2.56. The molecule has 0 saturated carbocycles. The molecule has 0 spiro atoms. The number of nitrogens with one attached hydrogen (secondary N) is 1. The summed E-state index contributed by atoms with van der Waals surface area (Å²) in [6, 6.07) is 3.66. The van der Waals surface area contributed by atoms with Gasteiger partial charge in [0.05, 0.1) is 12.6 Å². The van der Waals surface area contributed by atoms with E-state index in [1.54, 1.807) is 19.4 Å². The third-order valence-corrected chi connectivity index (χ3v) is 2.00. The van der Waals surface area contributed by atoms with Crippen molar-refractivity contribution in [1.29, 1.82) is 0 Å². The SMILES string of the molecule is COCC(CCO)Nc1ccnc(N)c1. The van der Waals surface area contributed by atoms with Crippen molar-refractivity contribution in [2.45, 2.75) is 12.5 Å². The number of aromatic nitrogens is 1. The maximum atomic E-state index is 8.86. The number of methoxy groups -OCH3 is 1. The van der Waals surface area contributed by atoms with Gasteiger partial charge in [0.2, 0.25) is 0 Å². The highest BCUT2D eigenvalue weighted by molar-refractivity contribution is 5.50. The summed E-state index contributed by atoms with van der Waals surface area (Å²) in [5, 5.41) is 12.1. The molecular formula is C10H17N3O2. The third-order valence-electron chi connectivity index (χ3n) is 2.00. The van der Waals surface area contributed by atoms with Crippen LogP contribution in [0, 0.1) is 0 Å². The molecule has 0 amide bonds. The van der Waals surface area contributed by atoms with Crippen LogP contribution < -0.4 is 11.1 Å². The first-order valence-corrected chi connectivity index (χ1v) is 4.84. The van der Waals surface area contributed by atoms with E-state index in [2.05, 4.69) is 10.3 Å². The molecule has 1 atom stereocenters. The van der Waals surface area contributed by atoms with Crippen LogP contribution in [0.25, 0.3) is 0 Å². The molecule has 5 heteroatoms. The highest BCUT2D eigenvalue weighted by Crippen LogP contribution is 2.11. The van der Waals surface area contributed by atoms with E-state index >= 15 is 0 Å². The molecule has 84 valence electrons. The van der Waals surface area contributed by atoms with Gasteiger partial charge >= 0.3 is 0 Å². The second-order valence-electron chi connectivity index (χ2n) is 3.28. The lowest BCUT2D eigenvalue weighted by Crippen LogP contribution is -2.26. The third kappa shape index (κ3) is 4.14. The number of nitrogens with two attached hydrogens (primary N) is 1. The van der Waals surface area contributed by atoms with Crippen LogP contribution in [0.3, 0.4) is 0 Å². The van der Waals surface area contributed by atoms with Crippen molar-refractivity contribution in [3.63, 3.8) is 0 Å². The van der Waals surface area contributed by atoms with Gasteiger partial charge in [-0.2, -0.15) is 0 Å². The van der Waals surface area contributed by atoms with Crippen molar-refractivity contribution in [2.75, 3.05) is 31.4 Å². The summed E-state index contributed by atoms with van der Waals surface area (Å²) in [4.78, 5) is 3.90. The molecule has 15 heavy (non-hydrogen) atoms. The molecule has 1 unspecified atom stereocenters. The van der Waals surface area contributed by atoms with Gasteiger partial charge in [0.25, 0.3) is 0 Å². The number of ether oxygens (including phenoxy) is 1. The highest BCUT2D eigenvalue weighted by Gasteiger charge is 2.07. The van der Waals surface area contributed by atoms with E-state index in [1.807, 2.05) is 6.07 Å². The van der Waals surface area contributed by atoms with Crippen LogP contribution in [0.2, 0.25) is 0 Å². The predicted octanol–water partition coefficient (Wildman–Crippen LogP) is 0.473. The van der Waals surface area contributed by atoms with E-state index < -0.39 is 0 Å². The second kappa shape index (κ2) is 6.21. The molecule has 1 rings (SSSR count). The molecule has 5 nitrogen and oxygen atoms in total. The molecule has 0 aliphatic carbocycles. The van der Waals surface area contributed by atoms with Gasteiger partial charge < -0.3 is 20.9 Å². The smallest absolute Gasteiger partial charge is 0.125 e. The van der Waals surface area contributed by atoms with Crippen molar-refractivity contribution in [1.82, 2.24) is 4.98 Å². The molecule has 0 aliphatic heterocycles. The van der Waals surface area contributed by atoms with Gasteiger partial charge in [0.1, 0.15) is 5.82 Å². The van der Waals surface area contributed by atoms with Crippen LogP contribution in [0.5, 0.6) is 0 Å². The standard InChI is InChI=1S/C10H17N3O2/c1-15-7-9(3-5-14)13-8-2-4-12-10(11)6-8/h2,4,6,9,14H,3,5,7H2,1H3,(H3,11,12,13). The Morgan fingerprint density at radius 1 is 1.67 bits per heavy atom. The Hall–Kier alpha value is -1.33. The summed E-state index contributed by atoms with van der Waals surface area (Å²) in [7, 11) is 1.63. The van der Waals surface area contributed by atoms with Crippen molar-refractivity contribution >= 4 is 11.5 Å². The van der Waals surface area contributed by atoms with E-state index in [1.165, 1.54) is 0 Å². The molecule has 0 aliphatic rings. The van der Waals surface area contributed by atoms with E-state index in [9.17, 15) is 0 Å². The number of hydrogen-bond donors (Lipinski definition) is 3. The van der Waals surface area contributed by atoms with E-state index in [0.717, 1.165) is 5.69 Å². The van der Waals surface area contributed by atoms with Crippen LogP contribution in [0.15, 0.2) is 18.3 Å². The molecular weight excluding hydrogens is 194 g/mol. The van der Waals surface area contributed by atoms with Gasteiger partial charge in [-0.15, -0.1) is 0 Å². The number of nitrogens with zero attached hydrogens (tertiary/aromatic N) is 1. The normalized spacial score (nSPS) is 12.4. The Morgan fingerprint density at radius 3 is 3.07 bits per heavy atom. The average Bonchev–Trinajstić information content (AvgIpc) is 2.18. The number of aliphatic hydroxyl groups excluding tert-OH is 1. The number of nitrogen functional groups attached to an aromatic ring is 1. The lowest BCUT2D eigenvalue weighted by Gasteiger charge is -2.18. The molecule has 0 aromatic carbocycles. The summed E-state index contributed by atoms with van der Waals surface area (Å²) in [5.74, 6) is 0.472. The highest BCUT2D eigenvalue weighted by atomic mass is 16.5. The number of rotatable bonds is 6. The largest absolute Gasteiger partial charge is 0.396 e. The lowest BCUT2D eigenvalue weighted by atomic mass is 10.2. The molecule has 1 heterocycles. The number of aliphatic hydroxyl groups is 1. The van der Waals surface area contributed by atoms with E-state index in [-0.39, 0.29) is 12.6 Å². The van der Waals surface area contributed by atoms with Crippen LogP contribution in [0.1, 0.15) is 6.42 Å². The Morgan fingerprint density at radius 2 is 2.47 bits per heavy atom. The zero-order valence-corrected chi connectivity index (χ0v) is 8.81. The Labute approximate surface area is 89.3 Å². The summed E-state index contributed by atoms with van der Waals surface area (Å²) in [5.41, 5.74) is 6.44. The minimum atomic E-state index is 0.0850. The predicted molar refractivity (Wildman–Crippen MR) is 59.6 cm³/mol. The quantitative estimate of drug-likeness (QED) is 0.637. The lowest BCUT2D eigenvalue weighted by molar-refractivity contribution is 0.170. The minimum absolute atomic E-state index is 0.0850. The van der Waals surface area contributed by atoms with Crippen LogP contribution in [0.4, 0.5) is 11.5 Å². The van der Waals surface area contributed by atoms with Gasteiger partial charge in [-0.25, -0.2) is 4.98 Å². The average molecular weight is 211 g/mol. The first-order chi connectivity index (χ1) is 7.26. The summed E-state index contributed by atoms with van der Waals surface area (Å²) >= 11 is 0. The van der Waals surface area contributed by atoms with Crippen LogP contribution in [-0.2, 0) is 4.74 Å². The van der Waals surface area contributed by atoms with Gasteiger partial charge in [-0.05, 0) is 12.5 Å². The summed E-state index contributed by atoms with van der Waals surface area (Å²) < 4.78 is 5.04. The topological polar surface area (TPSA) is 80.4 Å². The monoisotopic (exact) mass is 211 g/mol. The van der Waals surface area contributed by atoms with Gasteiger partial charge in [0, 0.05) is 31.7 Å². The van der Waals surface area contributed by atoms with Gasteiger partial charge in [-0.3, -0.25) is 0 Å². The fraction of sp³-hybridized carbons (Fsp3) is 0.500. The van der Waals surface area contributed by atoms with Crippen molar-refractivity contribution in [3.05, 3.63) is 18.3 Å². The fourth-order valence-corrected chi connectivity index (χ4v) is 1.33. The van der Waals surface area contributed by atoms with Crippen molar-refractivity contribution in [2.24, 2.45) is 0 Å². The molecule has 1 aromatic rings. The minimum Gasteiger partial charge on any atom is -0.396 e. The summed E-state index contributed by atoms with van der Waals surface area (Å²) in [6.45, 7) is 0.671. The summed E-state index contributed by atoms with van der Waals surface area (Å²) in [6.07, 6.45) is 2.27. The Bertz CT molecular complexity index is 288. The van der Waals surface area contributed by atoms with Crippen LogP contribution >= 0.6 is 0 Å². The molecule has 1 aromatic heterocycles. The fourth-order valence-electron chi connectivity index (χ4n) is 1.33. The number of anilines is 2. The first-order valence-electron chi connectivity index (χ1n) is 4.84. The van der Waals surface area contributed by atoms with Gasteiger partial charge in [0.15, 0.2) is 0 Å². The zero-order valence-electron chi connectivity index (χ0n) is 8.81. The number of hydrogen-bond acceptors (Lipinski definition) is 5. The van der Waals surface area contributed by atoms with Gasteiger partial charge in [-0.1, -0.05) is 0 Å². The molecule has 0 fully saturated rings. The zero-order chi connectivity index (χ0) is 11.1. The van der Waals surface area contributed by atoms with E-state index in [0.29, 0.717) is 18.8 Å². The Kier molecular flexibility index (Phi) is 4.86. The first kappa shape index (κ1) is 11.7. The molecule has 0 saturated heterocycles. The van der Waals surface area contributed by atoms with E-state index in [4.69, 9.17) is 15.6 Å². The maximum Gasteiger partial charge on any atom is 0.125 e.